The monoisotopic (exact) mass is 534 g/mol. The van der Waals surface area contributed by atoms with Gasteiger partial charge in [0.15, 0.2) is 0 Å². The predicted molar refractivity (Wildman–Crippen MR) is 140 cm³/mol. The van der Waals surface area contributed by atoms with Gasteiger partial charge < -0.3 is 30.4 Å². The fraction of sp³-hybridized carbons (Fsp3) is 0.538. The Hall–Kier alpha value is -3.96. The van der Waals surface area contributed by atoms with Gasteiger partial charge in [-0.25, -0.2) is 4.79 Å². The molecule has 1 rings (SSSR count). The number of nitrogens with zero attached hydrogens (tertiary/aromatic N) is 1. The molecule has 0 spiro atoms. The van der Waals surface area contributed by atoms with E-state index < -0.39 is 41.8 Å². The highest BCUT2D eigenvalue weighted by molar-refractivity contribution is 5.97. The summed E-state index contributed by atoms with van der Waals surface area (Å²) in [4.78, 5) is 72.5. The Morgan fingerprint density at radius 2 is 1.84 bits per heavy atom. The number of rotatable bonds is 15. The molecule has 12 nitrogen and oxygen atoms in total. The first-order valence-corrected chi connectivity index (χ1v) is 12.4. The van der Waals surface area contributed by atoms with Crippen molar-refractivity contribution in [2.24, 2.45) is 5.41 Å². The van der Waals surface area contributed by atoms with Crippen molar-refractivity contribution < 1.29 is 33.8 Å². The van der Waals surface area contributed by atoms with Gasteiger partial charge >= 0.3 is 11.9 Å². The van der Waals surface area contributed by atoms with Crippen LogP contribution < -0.4 is 21.5 Å². The van der Waals surface area contributed by atoms with Crippen molar-refractivity contribution in [3.63, 3.8) is 0 Å². The minimum Gasteiger partial charge on any atom is -0.481 e. The molecule has 0 aliphatic rings. The standard InChI is InChI=1S/C26H38N4O8/c1-5-38-23(35)11-7-6-9-18(28-20(31)12-13-22(33)34)24(36)29-19-10-8-16-30(25(19)37)17-21(32)27-15-14-26(2,3)4/h7-8,10-11,16,18H,5-6,9,12-15,17H2,1-4H3,(H,27,32)(H,28,31)(H,29,36)(H,33,34)/b11-7+. The highest BCUT2D eigenvalue weighted by Gasteiger charge is 2.22. The zero-order chi connectivity index (χ0) is 28.7. The fourth-order valence-electron chi connectivity index (χ4n) is 3.15. The molecule has 3 amide bonds. The lowest BCUT2D eigenvalue weighted by atomic mass is 9.92. The molecule has 0 saturated carbocycles. The SMILES string of the molecule is CCOC(=O)/C=C/CCC(NC(=O)CCC(=O)O)C(=O)Nc1cccn(CC(=O)NCCC(C)(C)C)c1=O. The maximum Gasteiger partial charge on any atom is 0.330 e. The fourth-order valence-corrected chi connectivity index (χ4v) is 3.15. The zero-order valence-corrected chi connectivity index (χ0v) is 22.4. The number of pyridine rings is 1. The number of hydrogen-bond acceptors (Lipinski definition) is 7. The summed E-state index contributed by atoms with van der Waals surface area (Å²) in [5, 5.41) is 16.5. The van der Waals surface area contributed by atoms with Crippen molar-refractivity contribution >= 4 is 35.3 Å². The molecule has 0 aromatic carbocycles. The smallest absolute Gasteiger partial charge is 0.330 e. The molecular formula is C26H38N4O8. The van der Waals surface area contributed by atoms with E-state index in [2.05, 4.69) is 16.0 Å². The van der Waals surface area contributed by atoms with Crippen molar-refractivity contribution in [2.75, 3.05) is 18.5 Å². The normalized spacial score (nSPS) is 12.0. The lowest BCUT2D eigenvalue weighted by Crippen LogP contribution is -2.44. The number of aromatic nitrogens is 1. The molecule has 4 N–H and O–H groups in total. The Labute approximate surface area is 221 Å². The van der Waals surface area contributed by atoms with Gasteiger partial charge in [0.1, 0.15) is 18.3 Å². The van der Waals surface area contributed by atoms with Crippen LogP contribution in [-0.4, -0.2) is 58.5 Å². The molecule has 0 saturated heterocycles. The van der Waals surface area contributed by atoms with Crippen molar-refractivity contribution in [3.05, 3.63) is 40.8 Å². The molecule has 0 radical (unpaired) electrons. The van der Waals surface area contributed by atoms with E-state index in [9.17, 15) is 28.8 Å². The van der Waals surface area contributed by atoms with Crippen LogP contribution in [0.1, 0.15) is 59.8 Å². The van der Waals surface area contributed by atoms with Crippen LogP contribution in [0.25, 0.3) is 0 Å². The van der Waals surface area contributed by atoms with Gasteiger partial charge in [-0.2, -0.15) is 0 Å². The summed E-state index contributed by atoms with van der Waals surface area (Å²) in [5.74, 6) is -3.42. The van der Waals surface area contributed by atoms with E-state index in [1.165, 1.54) is 30.5 Å². The van der Waals surface area contributed by atoms with Crippen molar-refractivity contribution in [2.45, 2.75) is 72.4 Å². The number of ether oxygens (including phenoxy) is 1. The summed E-state index contributed by atoms with van der Waals surface area (Å²) < 4.78 is 5.94. The molecule has 1 aromatic heterocycles. The van der Waals surface area contributed by atoms with Crippen LogP contribution in [-0.2, 0) is 35.3 Å². The van der Waals surface area contributed by atoms with Crippen LogP contribution in [0.2, 0.25) is 0 Å². The van der Waals surface area contributed by atoms with E-state index >= 15 is 0 Å². The minimum absolute atomic E-state index is 0.0442. The van der Waals surface area contributed by atoms with E-state index in [0.29, 0.717) is 6.54 Å². The van der Waals surface area contributed by atoms with Crippen LogP contribution in [0.15, 0.2) is 35.3 Å². The van der Waals surface area contributed by atoms with Gasteiger partial charge in [0.25, 0.3) is 5.56 Å². The quantitative estimate of drug-likeness (QED) is 0.194. The number of hydrogen-bond donors (Lipinski definition) is 4. The number of aliphatic carboxylic acids is 1. The van der Waals surface area contributed by atoms with Crippen LogP contribution in [0, 0.1) is 5.41 Å². The molecule has 0 fully saturated rings. The second-order valence-corrected chi connectivity index (χ2v) is 9.75. The highest BCUT2D eigenvalue weighted by Crippen LogP contribution is 2.16. The number of carbonyl (C=O) groups excluding carboxylic acids is 4. The molecule has 1 heterocycles. The second kappa shape index (κ2) is 16.0. The lowest BCUT2D eigenvalue weighted by Gasteiger charge is -2.19. The largest absolute Gasteiger partial charge is 0.481 e. The van der Waals surface area contributed by atoms with E-state index in [1.54, 1.807) is 6.92 Å². The Morgan fingerprint density at radius 1 is 1.13 bits per heavy atom. The van der Waals surface area contributed by atoms with E-state index in [-0.39, 0.29) is 49.4 Å². The van der Waals surface area contributed by atoms with E-state index in [1.807, 2.05) is 20.8 Å². The first-order valence-electron chi connectivity index (χ1n) is 12.4. The third kappa shape index (κ3) is 13.4. The van der Waals surface area contributed by atoms with Gasteiger partial charge in [-0.05, 0) is 43.7 Å². The van der Waals surface area contributed by atoms with Crippen LogP contribution in [0.5, 0.6) is 0 Å². The molecule has 1 unspecified atom stereocenters. The van der Waals surface area contributed by atoms with Crippen LogP contribution in [0.3, 0.4) is 0 Å². The molecule has 210 valence electrons. The molecule has 1 atom stereocenters. The topological polar surface area (TPSA) is 173 Å². The maximum atomic E-state index is 13.0. The minimum atomic E-state index is -1.16. The first-order chi connectivity index (χ1) is 17.8. The summed E-state index contributed by atoms with van der Waals surface area (Å²) in [5.41, 5.74) is -0.653. The molecule has 38 heavy (non-hydrogen) atoms. The highest BCUT2D eigenvalue weighted by atomic mass is 16.5. The number of amides is 3. The molecule has 0 bridgehead atoms. The molecule has 0 aliphatic carbocycles. The van der Waals surface area contributed by atoms with Crippen molar-refractivity contribution in [3.8, 4) is 0 Å². The average Bonchev–Trinajstić information content (AvgIpc) is 2.81. The number of carboxylic acid groups (broad SMARTS) is 1. The van der Waals surface area contributed by atoms with Gasteiger partial charge in [-0.1, -0.05) is 26.8 Å². The van der Waals surface area contributed by atoms with Crippen molar-refractivity contribution in [1.29, 1.82) is 0 Å². The number of carbonyl (C=O) groups is 5. The van der Waals surface area contributed by atoms with Crippen molar-refractivity contribution in [1.82, 2.24) is 15.2 Å². The summed E-state index contributed by atoms with van der Waals surface area (Å²) in [6.07, 6.45) is 4.40. The van der Waals surface area contributed by atoms with Crippen LogP contribution >= 0.6 is 0 Å². The Bertz CT molecular complexity index is 1070. The average molecular weight is 535 g/mol. The first kappa shape index (κ1) is 32.1. The molecule has 0 aliphatic heterocycles. The summed E-state index contributed by atoms with van der Waals surface area (Å²) >= 11 is 0. The van der Waals surface area contributed by atoms with Gasteiger partial charge in [-0.3, -0.25) is 24.0 Å². The summed E-state index contributed by atoms with van der Waals surface area (Å²) in [6, 6.07) is 1.76. The predicted octanol–water partition coefficient (Wildman–Crippen LogP) is 1.59. The maximum absolute atomic E-state index is 13.0. The third-order valence-corrected chi connectivity index (χ3v) is 5.17. The molecule has 12 heteroatoms. The summed E-state index contributed by atoms with van der Waals surface area (Å²) in [7, 11) is 0. The molecular weight excluding hydrogens is 496 g/mol. The van der Waals surface area contributed by atoms with Gasteiger partial charge in [0.2, 0.25) is 17.7 Å². The second-order valence-electron chi connectivity index (χ2n) is 9.75. The Kier molecular flexibility index (Phi) is 13.5. The Balaban J connectivity index is 2.91. The third-order valence-electron chi connectivity index (χ3n) is 5.17. The lowest BCUT2D eigenvalue weighted by molar-refractivity contribution is -0.139. The molecule has 1 aromatic rings. The zero-order valence-electron chi connectivity index (χ0n) is 22.4. The van der Waals surface area contributed by atoms with E-state index in [4.69, 9.17) is 9.84 Å². The van der Waals surface area contributed by atoms with Gasteiger partial charge in [0, 0.05) is 25.2 Å². The number of allylic oxidation sites excluding steroid dienone is 1. The van der Waals surface area contributed by atoms with Crippen LogP contribution in [0.4, 0.5) is 5.69 Å². The summed E-state index contributed by atoms with van der Waals surface area (Å²) in [6.45, 7) is 8.25. The number of anilines is 1. The number of esters is 1. The Morgan fingerprint density at radius 3 is 2.47 bits per heavy atom. The van der Waals surface area contributed by atoms with Gasteiger partial charge in [-0.15, -0.1) is 0 Å². The number of nitrogens with one attached hydrogen (secondary N) is 3. The van der Waals surface area contributed by atoms with E-state index in [0.717, 1.165) is 11.0 Å². The number of carboxylic acids is 1. The van der Waals surface area contributed by atoms with Gasteiger partial charge in [0.05, 0.1) is 13.0 Å².